The average molecular weight is 551 g/mol. The topological polar surface area (TPSA) is 61.7 Å². The van der Waals surface area contributed by atoms with E-state index in [1.54, 1.807) is 12.1 Å². The maximum atomic E-state index is 11.9. The van der Waals surface area contributed by atoms with Gasteiger partial charge in [-0.05, 0) is 86.7 Å². The lowest BCUT2D eigenvalue weighted by Gasteiger charge is -2.08. The highest BCUT2D eigenvalue weighted by Crippen LogP contribution is 2.32. The summed E-state index contributed by atoms with van der Waals surface area (Å²) in [6, 6.07) is 7.53. The second-order valence-corrected chi connectivity index (χ2v) is 8.86. The van der Waals surface area contributed by atoms with E-state index >= 15 is 0 Å². The summed E-state index contributed by atoms with van der Waals surface area (Å²) in [5.41, 5.74) is 5.50. The summed E-state index contributed by atoms with van der Waals surface area (Å²) in [6.45, 7) is 4.04. The molecule has 0 spiro atoms. The fourth-order valence-electron chi connectivity index (χ4n) is 1.92. The van der Waals surface area contributed by atoms with Crippen LogP contribution in [0.1, 0.15) is 16.7 Å². The summed E-state index contributed by atoms with van der Waals surface area (Å²) in [5, 5.41) is 13.6. The van der Waals surface area contributed by atoms with Crippen LogP contribution in [0.4, 0.5) is 0 Å². The number of aryl methyl sites for hydroxylation is 2. The van der Waals surface area contributed by atoms with Crippen LogP contribution in [0.15, 0.2) is 47.7 Å². The van der Waals surface area contributed by atoms with Crippen molar-refractivity contribution in [1.29, 1.82) is 0 Å². The fourth-order valence-corrected chi connectivity index (χ4v) is 4.50. The molecule has 8 heteroatoms. The average Bonchev–Trinajstić information content (AvgIpc) is 2.54. The number of halogens is 3. The second kappa shape index (κ2) is 9.21. The zero-order chi connectivity index (χ0) is 18.6. The van der Waals surface area contributed by atoms with Crippen LogP contribution in [0.3, 0.4) is 0 Å². The minimum absolute atomic E-state index is 0.123. The van der Waals surface area contributed by atoms with Gasteiger partial charge in [0.1, 0.15) is 5.75 Å². The number of hydrazone groups is 1. The Morgan fingerprint density at radius 2 is 1.76 bits per heavy atom. The van der Waals surface area contributed by atoms with Gasteiger partial charge in [0.25, 0.3) is 0 Å². The molecule has 0 saturated carbocycles. The van der Waals surface area contributed by atoms with Crippen molar-refractivity contribution in [2.24, 2.45) is 5.10 Å². The number of nitrogens with one attached hydrogen (secondary N) is 1. The van der Waals surface area contributed by atoms with Crippen LogP contribution < -0.4 is 5.43 Å². The molecule has 0 aliphatic rings. The van der Waals surface area contributed by atoms with E-state index in [1.165, 1.54) is 18.0 Å². The molecule has 2 aromatic rings. The Morgan fingerprint density at radius 3 is 2.40 bits per heavy atom. The minimum atomic E-state index is -0.182. The van der Waals surface area contributed by atoms with E-state index in [0.29, 0.717) is 8.95 Å². The number of carbonyl (C=O) groups excluding carboxylic acids is 1. The molecule has 2 aromatic carbocycles. The molecule has 0 radical (unpaired) electrons. The van der Waals surface area contributed by atoms with Gasteiger partial charge in [0.05, 0.1) is 20.9 Å². The SMILES string of the molecule is Cc1cc(SCC(=O)NN=Cc2cc(Br)c(O)c(Br)c2)c(C)cc1Br. The fraction of sp³-hybridized carbons (Fsp3) is 0.176. The van der Waals surface area contributed by atoms with Crippen molar-refractivity contribution in [3.8, 4) is 5.75 Å². The van der Waals surface area contributed by atoms with Gasteiger partial charge < -0.3 is 5.11 Å². The van der Waals surface area contributed by atoms with E-state index < -0.39 is 0 Å². The minimum Gasteiger partial charge on any atom is -0.506 e. The van der Waals surface area contributed by atoms with E-state index in [2.05, 4.69) is 64.4 Å². The number of hydrogen-bond donors (Lipinski definition) is 2. The highest BCUT2D eigenvalue weighted by atomic mass is 79.9. The van der Waals surface area contributed by atoms with Crippen LogP contribution in [0, 0.1) is 13.8 Å². The molecule has 132 valence electrons. The predicted octanol–water partition coefficient (Wildman–Crippen LogP) is 5.54. The first-order valence-corrected chi connectivity index (χ1v) is 10.5. The number of benzene rings is 2. The number of phenols is 1. The van der Waals surface area contributed by atoms with Crippen molar-refractivity contribution in [3.05, 3.63) is 54.4 Å². The largest absolute Gasteiger partial charge is 0.506 e. The smallest absolute Gasteiger partial charge is 0.250 e. The molecule has 0 bridgehead atoms. The third-order valence-electron chi connectivity index (χ3n) is 3.26. The number of carbonyl (C=O) groups is 1. The first kappa shape index (κ1) is 20.5. The molecule has 0 atom stereocenters. The van der Waals surface area contributed by atoms with Crippen molar-refractivity contribution in [2.75, 3.05) is 5.75 Å². The monoisotopic (exact) mass is 548 g/mol. The Kier molecular flexibility index (Phi) is 7.54. The van der Waals surface area contributed by atoms with Gasteiger partial charge in [0.15, 0.2) is 0 Å². The van der Waals surface area contributed by atoms with Gasteiger partial charge in [0.2, 0.25) is 5.91 Å². The van der Waals surface area contributed by atoms with Crippen LogP contribution in [0.2, 0.25) is 0 Å². The highest BCUT2D eigenvalue weighted by Gasteiger charge is 2.07. The van der Waals surface area contributed by atoms with Crippen LogP contribution in [0.5, 0.6) is 5.75 Å². The molecule has 2 rings (SSSR count). The Bertz CT molecular complexity index is 818. The zero-order valence-corrected chi connectivity index (χ0v) is 19.0. The van der Waals surface area contributed by atoms with Gasteiger partial charge in [-0.3, -0.25) is 4.79 Å². The molecule has 0 aromatic heterocycles. The number of aromatic hydroxyl groups is 1. The number of phenolic OH excluding ortho intramolecular Hbond substituents is 1. The van der Waals surface area contributed by atoms with Gasteiger partial charge in [0, 0.05) is 9.37 Å². The molecule has 0 unspecified atom stereocenters. The molecule has 0 saturated heterocycles. The number of hydrogen-bond acceptors (Lipinski definition) is 4. The second-order valence-electron chi connectivity index (χ2n) is 5.28. The molecule has 0 heterocycles. The first-order chi connectivity index (χ1) is 11.8. The van der Waals surface area contributed by atoms with E-state index in [9.17, 15) is 9.90 Å². The number of amides is 1. The maximum absolute atomic E-state index is 11.9. The van der Waals surface area contributed by atoms with Crippen molar-refractivity contribution < 1.29 is 9.90 Å². The zero-order valence-electron chi connectivity index (χ0n) is 13.4. The summed E-state index contributed by atoms with van der Waals surface area (Å²) in [4.78, 5) is 13.0. The molecule has 2 N–H and O–H groups in total. The lowest BCUT2D eigenvalue weighted by molar-refractivity contribution is -0.118. The van der Waals surface area contributed by atoms with Gasteiger partial charge in [-0.2, -0.15) is 5.10 Å². The van der Waals surface area contributed by atoms with Crippen molar-refractivity contribution in [2.45, 2.75) is 18.7 Å². The summed E-state index contributed by atoms with van der Waals surface area (Å²) >= 11 is 11.5. The molecule has 25 heavy (non-hydrogen) atoms. The maximum Gasteiger partial charge on any atom is 0.250 e. The number of thioether (sulfide) groups is 1. The van der Waals surface area contributed by atoms with Gasteiger partial charge >= 0.3 is 0 Å². The van der Waals surface area contributed by atoms with Crippen LogP contribution >= 0.6 is 59.6 Å². The third kappa shape index (κ3) is 5.84. The summed E-state index contributed by atoms with van der Waals surface area (Å²) in [7, 11) is 0. The van der Waals surface area contributed by atoms with E-state index in [1.807, 2.05) is 19.9 Å². The Hall–Kier alpha value is -0.830. The van der Waals surface area contributed by atoms with Crippen molar-refractivity contribution >= 4 is 71.7 Å². The van der Waals surface area contributed by atoms with Crippen molar-refractivity contribution in [1.82, 2.24) is 5.43 Å². The standard InChI is InChI=1S/C17H15Br3N2O2S/c1-9-4-15(10(2)3-12(9)18)25-8-16(23)22-21-7-11-5-13(19)17(24)14(20)6-11/h3-7,24H,8H2,1-2H3,(H,22,23). The van der Waals surface area contributed by atoms with Gasteiger partial charge in [-0.25, -0.2) is 5.43 Å². The lowest BCUT2D eigenvalue weighted by Crippen LogP contribution is -2.19. The first-order valence-electron chi connectivity index (χ1n) is 7.17. The molecule has 0 aliphatic heterocycles. The highest BCUT2D eigenvalue weighted by molar-refractivity contribution is 9.11. The third-order valence-corrected chi connectivity index (χ3v) is 6.48. The van der Waals surface area contributed by atoms with E-state index in [4.69, 9.17) is 0 Å². The Balaban J connectivity index is 1.92. The Morgan fingerprint density at radius 1 is 1.12 bits per heavy atom. The molecule has 0 fully saturated rings. The van der Waals surface area contributed by atoms with Gasteiger partial charge in [-0.1, -0.05) is 15.9 Å². The molecule has 0 aliphatic carbocycles. The molecular weight excluding hydrogens is 536 g/mol. The number of rotatable bonds is 5. The van der Waals surface area contributed by atoms with E-state index in [-0.39, 0.29) is 17.4 Å². The molecule has 1 amide bonds. The summed E-state index contributed by atoms with van der Waals surface area (Å²) in [6.07, 6.45) is 1.52. The molecular formula is C17H15Br3N2O2S. The summed E-state index contributed by atoms with van der Waals surface area (Å²) in [5.74, 6) is 0.221. The number of nitrogens with zero attached hydrogens (tertiary/aromatic N) is 1. The van der Waals surface area contributed by atoms with Gasteiger partial charge in [-0.15, -0.1) is 11.8 Å². The predicted molar refractivity (Wildman–Crippen MR) is 114 cm³/mol. The van der Waals surface area contributed by atoms with Crippen LogP contribution in [-0.2, 0) is 4.79 Å². The van der Waals surface area contributed by atoms with Crippen LogP contribution in [-0.4, -0.2) is 23.0 Å². The Labute approximate surface area is 175 Å². The quantitative estimate of drug-likeness (QED) is 0.292. The van der Waals surface area contributed by atoms with Crippen molar-refractivity contribution in [3.63, 3.8) is 0 Å². The molecule has 4 nitrogen and oxygen atoms in total. The van der Waals surface area contributed by atoms with Crippen LogP contribution in [0.25, 0.3) is 0 Å². The summed E-state index contributed by atoms with van der Waals surface area (Å²) < 4.78 is 2.16. The van der Waals surface area contributed by atoms with E-state index in [0.717, 1.165) is 26.1 Å². The lowest BCUT2D eigenvalue weighted by atomic mass is 10.2. The normalized spacial score (nSPS) is 11.1.